The first-order valence-electron chi connectivity index (χ1n) is 14.0. The van der Waals surface area contributed by atoms with Crippen molar-refractivity contribution in [2.75, 3.05) is 0 Å². The van der Waals surface area contributed by atoms with Gasteiger partial charge in [0, 0.05) is 5.71 Å². The van der Waals surface area contributed by atoms with Crippen LogP contribution in [0.1, 0.15) is 141 Å². The van der Waals surface area contributed by atoms with Crippen LogP contribution in [-0.2, 0) is 6.42 Å². The van der Waals surface area contributed by atoms with E-state index < -0.39 is 0 Å². The fourth-order valence-electron chi connectivity index (χ4n) is 5.09. The molecule has 1 nitrogen and oxygen atoms in total. The summed E-state index contributed by atoms with van der Waals surface area (Å²) in [4.78, 5) is 4.89. The lowest BCUT2D eigenvalue weighted by atomic mass is 9.89. The molecule has 176 valence electrons. The van der Waals surface area contributed by atoms with Crippen molar-refractivity contribution >= 4 is 11.4 Å². The van der Waals surface area contributed by atoms with Crippen molar-refractivity contribution in [3.63, 3.8) is 0 Å². The van der Waals surface area contributed by atoms with Gasteiger partial charge in [-0.2, -0.15) is 0 Å². The first kappa shape index (κ1) is 26.1. The van der Waals surface area contributed by atoms with Gasteiger partial charge in [0.2, 0.25) is 0 Å². The summed E-state index contributed by atoms with van der Waals surface area (Å²) in [7, 11) is 0. The lowest BCUT2D eigenvalue weighted by Crippen LogP contribution is -2.03. The molecule has 1 aliphatic rings. The molecular formula is C30H51N. The number of aryl methyl sites for hydroxylation is 1. The van der Waals surface area contributed by atoms with Crippen molar-refractivity contribution in [1.29, 1.82) is 0 Å². The van der Waals surface area contributed by atoms with Gasteiger partial charge in [0.15, 0.2) is 0 Å². The van der Waals surface area contributed by atoms with Crippen molar-refractivity contribution < 1.29 is 0 Å². The van der Waals surface area contributed by atoms with Crippen molar-refractivity contribution in [3.05, 3.63) is 29.8 Å². The second-order valence-electron chi connectivity index (χ2n) is 10.1. The van der Waals surface area contributed by atoms with Gasteiger partial charge < -0.3 is 0 Å². The average Bonchev–Trinajstić information content (AvgIpc) is 2.80. The molecule has 0 aliphatic heterocycles. The molecule has 0 radical (unpaired) electrons. The Morgan fingerprint density at radius 2 is 1.19 bits per heavy atom. The molecule has 1 aliphatic carbocycles. The number of hydrogen-bond acceptors (Lipinski definition) is 1. The maximum absolute atomic E-state index is 4.89. The molecule has 0 N–H and O–H groups in total. The largest absolute Gasteiger partial charge is 0.258 e. The first-order valence-corrected chi connectivity index (χ1v) is 14.0. The Morgan fingerprint density at radius 3 is 1.87 bits per heavy atom. The summed E-state index contributed by atoms with van der Waals surface area (Å²) in [5, 5.41) is 0. The molecule has 0 amide bonds. The maximum Gasteiger partial charge on any atom is 0.0629 e. The van der Waals surface area contributed by atoms with Crippen LogP contribution in [0.5, 0.6) is 0 Å². The van der Waals surface area contributed by atoms with Gasteiger partial charge in [0.05, 0.1) is 5.69 Å². The third-order valence-electron chi connectivity index (χ3n) is 7.16. The molecule has 2 rings (SSSR count). The van der Waals surface area contributed by atoms with Gasteiger partial charge >= 0.3 is 0 Å². The van der Waals surface area contributed by atoms with E-state index >= 15 is 0 Å². The van der Waals surface area contributed by atoms with Crippen molar-refractivity contribution in [3.8, 4) is 0 Å². The van der Waals surface area contributed by atoms with E-state index in [-0.39, 0.29) is 0 Å². The smallest absolute Gasteiger partial charge is 0.0629 e. The van der Waals surface area contributed by atoms with E-state index in [0.29, 0.717) is 0 Å². The molecular weight excluding hydrogens is 374 g/mol. The van der Waals surface area contributed by atoms with E-state index in [2.05, 4.69) is 38.1 Å². The van der Waals surface area contributed by atoms with E-state index in [1.54, 1.807) is 0 Å². The van der Waals surface area contributed by atoms with Crippen LogP contribution < -0.4 is 0 Å². The van der Waals surface area contributed by atoms with Crippen molar-refractivity contribution in [2.45, 2.75) is 142 Å². The molecule has 0 saturated heterocycles. The van der Waals surface area contributed by atoms with Gasteiger partial charge in [0.25, 0.3) is 0 Å². The Kier molecular flexibility index (Phi) is 14.7. The Morgan fingerprint density at radius 1 is 0.645 bits per heavy atom. The molecule has 1 aromatic carbocycles. The molecule has 1 unspecified atom stereocenters. The standard InChI is InChI=1S/C30H51N/c1-3-5-7-8-9-10-13-18-27(17-12-6-4-2)19-16-20-28-23-25-30(26-24-28)31-29-21-14-11-15-22-29/h23-27H,3-22H2,1-2H3. The van der Waals surface area contributed by atoms with E-state index in [0.717, 1.165) is 11.6 Å². The van der Waals surface area contributed by atoms with Gasteiger partial charge in [-0.25, -0.2) is 0 Å². The highest BCUT2D eigenvalue weighted by Gasteiger charge is 2.09. The number of rotatable bonds is 17. The van der Waals surface area contributed by atoms with Crippen LogP contribution in [0.15, 0.2) is 29.3 Å². The van der Waals surface area contributed by atoms with Gasteiger partial charge in [-0.05, 0) is 62.1 Å². The molecule has 1 heteroatoms. The summed E-state index contributed by atoms with van der Waals surface area (Å²) in [6, 6.07) is 9.14. The van der Waals surface area contributed by atoms with E-state index in [9.17, 15) is 0 Å². The zero-order valence-electron chi connectivity index (χ0n) is 21.0. The zero-order valence-corrected chi connectivity index (χ0v) is 21.0. The second-order valence-corrected chi connectivity index (χ2v) is 10.1. The molecule has 1 atom stereocenters. The van der Waals surface area contributed by atoms with Crippen LogP contribution in [0.4, 0.5) is 5.69 Å². The van der Waals surface area contributed by atoms with Crippen LogP contribution in [0, 0.1) is 5.92 Å². The molecule has 31 heavy (non-hydrogen) atoms. The quantitative estimate of drug-likeness (QED) is 0.220. The van der Waals surface area contributed by atoms with E-state index in [4.69, 9.17) is 4.99 Å². The number of aliphatic imine (C=N–C) groups is 1. The van der Waals surface area contributed by atoms with Gasteiger partial charge in [-0.15, -0.1) is 0 Å². The third kappa shape index (κ3) is 12.5. The first-order chi connectivity index (χ1) is 15.3. The van der Waals surface area contributed by atoms with E-state index in [1.807, 2.05) is 0 Å². The van der Waals surface area contributed by atoms with Crippen LogP contribution in [-0.4, -0.2) is 5.71 Å². The highest BCUT2D eigenvalue weighted by Crippen LogP contribution is 2.25. The second kappa shape index (κ2) is 17.4. The normalized spacial score (nSPS) is 15.2. The average molecular weight is 426 g/mol. The summed E-state index contributed by atoms with van der Waals surface area (Å²) < 4.78 is 0. The summed E-state index contributed by atoms with van der Waals surface area (Å²) in [5.41, 5.74) is 4.08. The summed E-state index contributed by atoms with van der Waals surface area (Å²) in [5.74, 6) is 0.958. The van der Waals surface area contributed by atoms with E-state index in [1.165, 1.54) is 140 Å². The van der Waals surface area contributed by atoms with Gasteiger partial charge in [0.1, 0.15) is 0 Å². The molecule has 0 spiro atoms. The Bertz CT molecular complexity index is 563. The molecule has 1 saturated carbocycles. The minimum atomic E-state index is 0.958. The number of benzene rings is 1. The van der Waals surface area contributed by atoms with Crippen LogP contribution in [0.3, 0.4) is 0 Å². The molecule has 1 fully saturated rings. The number of nitrogens with zero attached hydrogens (tertiary/aromatic N) is 1. The van der Waals surface area contributed by atoms with Crippen molar-refractivity contribution in [2.24, 2.45) is 10.9 Å². The summed E-state index contributed by atoms with van der Waals surface area (Å²) >= 11 is 0. The summed E-state index contributed by atoms with van der Waals surface area (Å²) in [6.07, 6.45) is 27.6. The monoisotopic (exact) mass is 425 g/mol. The zero-order chi connectivity index (χ0) is 22.0. The van der Waals surface area contributed by atoms with Gasteiger partial charge in [-0.1, -0.05) is 116 Å². The molecule has 0 aromatic heterocycles. The molecule has 0 bridgehead atoms. The number of hydrogen-bond donors (Lipinski definition) is 0. The molecule has 0 heterocycles. The minimum absolute atomic E-state index is 0.958. The van der Waals surface area contributed by atoms with Gasteiger partial charge in [-0.3, -0.25) is 4.99 Å². The summed E-state index contributed by atoms with van der Waals surface area (Å²) in [6.45, 7) is 4.63. The van der Waals surface area contributed by atoms with Crippen LogP contribution >= 0.6 is 0 Å². The Labute approximate surface area is 194 Å². The Balaban J connectivity index is 1.68. The lowest BCUT2D eigenvalue weighted by molar-refractivity contribution is 0.374. The highest BCUT2D eigenvalue weighted by atomic mass is 14.7. The van der Waals surface area contributed by atoms with Crippen molar-refractivity contribution in [1.82, 2.24) is 0 Å². The predicted octanol–water partition coefficient (Wildman–Crippen LogP) is 10.4. The molecule has 1 aromatic rings. The third-order valence-corrected chi connectivity index (χ3v) is 7.16. The topological polar surface area (TPSA) is 12.4 Å². The highest BCUT2D eigenvalue weighted by molar-refractivity contribution is 5.87. The minimum Gasteiger partial charge on any atom is -0.258 e. The Hall–Kier alpha value is -1.11. The maximum atomic E-state index is 4.89. The lowest BCUT2D eigenvalue weighted by Gasteiger charge is -2.17. The SMILES string of the molecule is CCCCCCCCCC(CCCCC)CCCc1ccc(N=C2CCCCC2)cc1. The van der Waals surface area contributed by atoms with Crippen LogP contribution in [0.25, 0.3) is 0 Å². The fraction of sp³-hybridized carbons (Fsp3) is 0.767. The fourth-order valence-corrected chi connectivity index (χ4v) is 5.09. The number of unbranched alkanes of at least 4 members (excludes halogenated alkanes) is 8. The van der Waals surface area contributed by atoms with Crippen LogP contribution in [0.2, 0.25) is 0 Å². The predicted molar refractivity (Wildman–Crippen MR) is 140 cm³/mol.